The smallest absolute Gasteiger partial charge is 0.314 e. The molecule has 1 aromatic rings. The van der Waals surface area contributed by atoms with Crippen LogP contribution >= 0.6 is 0 Å². The number of esters is 1. The summed E-state index contributed by atoms with van der Waals surface area (Å²) in [6, 6.07) is 5.97. The van der Waals surface area contributed by atoms with Crippen LogP contribution in [0.25, 0.3) is 0 Å². The Morgan fingerprint density at radius 2 is 2.00 bits per heavy atom. The normalized spacial score (nSPS) is 12.5. The number of ether oxygens (including phenoxy) is 1. The SMILES string of the molecule is CCOC(=O)[C@H](C)/C(C)=N/NC(=O)CNc1ccc(C)cc1C. The van der Waals surface area contributed by atoms with Gasteiger partial charge in [0.1, 0.15) is 0 Å². The molecule has 0 spiro atoms. The van der Waals surface area contributed by atoms with Crippen molar-refractivity contribution in [2.75, 3.05) is 18.5 Å². The fraction of sp³-hybridized carbons (Fsp3) is 0.471. The number of rotatable bonds is 7. The third kappa shape index (κ3) is 6.10. The largest absolute Gasteiger partial charge is 0.465 e. The molecule has 0 saturated heterocycles. The summed E-state index contributed by atoms with van der Waals surface area (Å²) < 4.78 is 4.91. The van der Waals surface area contributed by atoms with E-state index in [4.69, 9.17) is 4.74 Å². The van der Waals surface area contributed by atoms with Crippen molar-refractivity contribution >= 4 is 23.3 Å². The Hall–Kier alpha value is -2.37. The number of carbonyl (C=O) groups excluding carboxylic acids is 2. The lowest BCUT2D eigenvalue weighted by Gasteiger charge is -2.11. The molecule has 0 fully saturated rings. The highest BCUT2D eigenvalue weighted by Crippen LogP contribution is 2.15. The molecule has 0 aliphatic rings. The molecule has 0 heterocycles. The number of hydrogen-bond donors (Lipinski definition) is 2. The molecule has 2 N–H and O–H groups in total. The Bertz CT molecular complexity index is 597. The van der Waals surface area contributed by atoms with Crippen LogP contribution in [0.5, 0.6) is 0 Å². The Morgan fingerprint density at radius 3 is 2.61 bits per heavy atom. The first-order valence-corrected chi connectivity index (χ1v) is 7.66. The molecule has 1 rings (SSSR count). The lowest BCUT2D eigenvalue weighted by atomic mass is 10.1. The fourth-order valence-electron chi connectivity index (χ4n) is 1.91. The van der Waals surface area contributed by atoms with Crippen molar-refractivity contribution in [1.29, 1.82) is 0 Å². The Labute approximate surface area is 137 Å². The van der Waals surface area contributed by atoms with Gasteiger partial charge in [-0.15, -0.1) is 0 Å². The van der Waals surface area contributed by atoms with Gasteiger partial charge in [0.2, 0.25) is 0 Å². The van der Waals surface area contributed by atoms with E-state index in [2.05, 4.69) is 15.8 Å². The molecule has 0 radical (unpaired) electrons. The fourth-order valence-corrected chi connectivity index (χ4v) is 1.91. The zero-order valence-corrected chi connectivity index (χ0v) is 14.4. The second-order valence-corrected chi connectivity index (χ2v) is 5.43. The number of aryl methyl sites for hydroxylation is 2. The highest BCUT2D eigenvalue weighted by Gasteiger charge is 2.17. The van der Waals surface area contributed by atoms with E-state index in [0.29, 0.717) is 12.3 Å². The molecule has 0 bridgehead atoms. The first-order chi connectivity index (χ1) is 10.8. The van der Waals surface area contributed by atoms with Crippen LogP contribution in [0.2, 0.25) is 0 Å². The van der Waals surface area contributed by atoms with Gasteiger partial charge in [-0.3, -0.25) is 9.59 Å². The second-order valence-electron chi connectivity index (χ2n) is 5.43. The minimum absolute atomic E-state index is 0.106. The Balaban J connectivity index is 2.50. The molecule has 1 amide bonds. The third-order valence-electron chi connectivity index (χ3n) is 3.45. The second kappa shape index (κ2) is 8.92. The maximum Gasteiger partial charge on any atom is 0.314 e. The standard InChI is InChI=1S/C17H25N3O3/c1-6-23-17(22)13(4)14(5)19-20-16(21)10-18-15-8-7-11(2)9-12(15)3/h7-9,13,18H,6,10H2,1-5H3,(H,20,21)/b19-14+/t13-/m1/s1. The molecule has 6 heteroatoms. The maximum atomic E-state index is 11.8. The van der Waals surface area contributed by atoms with Crippen LogP contribution in [0.15, 0.2) is 23.3 Å². The van der Waals surface area contributed by atoms with E-state index in [1.54, 1.807) is 20.8 Å². The van der Waals surface area contributed by atoms with E-state index in [1.165, 1.54) is 5.56 Å². The quantitative estimate of drug-likeness (QED) is 0.459. The number of nitrogens with one attached hydrogen (secondary N) is 2. The van der Waals surface area contributed by atoms with Crippen LogP contribution < -0.4 is 10.7 Å². The van der Waals surface area contributed by atoms with Crippen LogP contribution in [0, 0.1) is 19.8 Å². The summed E-state index contributed by atoms with van der Waals surface area (Å²) in [6.07, 6.45) is 0. The predicted octanol–water partition coefficient (Wildman–Crippen LogP) is 2.41. The zero-order valence-electron chi connectivity index (χ0n) is 14.4. The minimum atomic E-state index is -0.484. The number of benzene rings is 1. The van der Waals surface area contributed by atoms with Crippen LogP contribution in [-0.4, -0.2) is 30.7 Å². The van der Waals surface area contributed by atoms with Gasteiger partial charge in [0, 0.05) is 11.4 Å². The topological polar surface area (TPSA) is 79.8 Å². The summed E-state index contributed by atoms with van der Waals surface area (Å²) in [5.41, 5.74) is 6.10. The number of hydrazone groups is 1. The van der Waals surface area contributed by atoms with Crippen molar-refractivity contribution in [2.45, 2.75) is 34.6 Å². The van der Waals surface area contributed by atoms with Crippen molar-refractivity contribution in [3.8, 4) is 0 Å². The van der Waals surface area contributed by atoms with Gasteiger partial charge in [0.15, 0.2) is 0 Å². The van der Waals surface area contributed by atoms with Crippen molar-refractivity contribution in [2.24, 2.45) is 11.0 Å². The van der Waals surface area contributed by atoms with Gasteiger partial charge in [-0.2, -0.15) is 5.10 Å². The molecule has 126 valence electrons. The summed E-state index contributed by atoms with van der Waals surface area (Å²) in [5, 5.41) is 7.02. The predicted molar refractivity (Wildman–Crippen MR) is 91.5 cm³/mol. The van der Waals surface area contributed by atoms with E-state index in [-0.39, 0.29) is 18.4 Å². The van der Waals surface area contributed by atoms with Gasteiger partial charge >= 0.3 is 5.97 Å². The molecule has 1 aromatic carbocycles. The number of amides is 1. The van der Waals surface area contributed by atoms with Gasteiger partial charge in [0.05, 0.1) is 19.1 Å². The Morgan fingerprint density at radius 1 is 1.30 bits per heavy atom. The first kappa shape index (κ1) is 18.7. The Kier molecular flexibility index (Phi) is 7.25. The summed E-state index contributed by atoms with van der Waals surface area (Å²) >= 11 is 0. The van der Waals surface area contributed by atoms with E-state index in [0.717, 1.165) is 11.3 Å². The zero-order chi connectivity index (χ0) is 17.4. The number of anilines is 1. The molecule has 0 aliphatic heterocycles. The van der Waals surface area contributed by atoms with Crippen LogP contribution in [0.3, 0.4) is 0 Å². The monoisotopic (exact) mass is 319 g/mol. The minimum Gasteiger partial charge on any atom is -0.465 e. The van der Waals surface area contributed by atoms with E-state index in [9.17, 15) is 9.59 Å². The summed E-state index contributed by atoms with van der Waals surface area (Å²) in [4.78, 5) is 23.4. The van der Waals surface area contributed by atoms with Crippen molar-refractivity contribution in [3.05, 3.63) is 29.3 Å². The molecule has 0 unspecified atom stereocenters. The van der Waals surface area contributed by atoms with Crippen LogP contribution in [0.4, 0.5) is 5.69 Å². The van der Waals surface area contributed by atoms with Crippen molar-refractivity contribution < 1.29 is 14.3 Å². The van der Waals surface area contributed by atoms with Crippen molar-refractivity contribution in [1.82, 2.24) is 5.43 Å². The van der Waals surface area contributed by atoms with E-state index in [1.807, 2.05) is 32.0 Å². The highest BCUT2D eigenvalue weighted by molar-refractivity contribution is 6.00. The molecular formula is C17H25N3O3. The number of hydrogen-bond acceptors (Lipinski definition) is 5. The average molecular weight is 319 g/mol. The molecule has 0 aromatic heterocycles. The van der Waals surface area contributed by atoms with Crippen LogP contribution in [0.1, 0.15) is 31.9 Å². The summed E-state index contributed by atoms with van der Waals surface area (Å²) in [6.45, 7) is 9.55. The van der Waals surface area contributed by atoms with Gasteiger partial charge in [-0.25, -0.2) is 5.43 Å². The van der Waals surface area contributed by atoms with E-state index >= 15 is 0 Å². The summed E-state index contributed by atoms with van der Waals surface area (Å²) in [7, 11) is 0. The number of carbonyl (C=O) groups is 2. The lowest BCUT2D eigenvalue weighted by molar-refractivity contribution is -0.145. The molecule has 0 saturated carbocycles. The lowest BCUT2D eigenvalue weighted by Crippen LogP contribution is -2.29. The van der Waals surface area contributed by atoms with Crippen LogP contribution in [-0.2, 0) is 14.3 Å². The maximum absolute atomic E-state index is 11.8. The number of nitrogens with zero attached hydrogens (tertiary/aromatic N) is 1. The molecular weight excluding hydrogens is 294 g/mol. The third-order valence-corrected chi connectivity index (χ3v) is 3.45. The summed E-state index contributed by atoms with van der Waals surface area (Å²) in [5.74, 6) is -1.11. The molecule has 6 nitrogen and oxygen atoms in total. The van der Waals surface area contributed by atoms with Gasteiger partial charge < -0.3 is 10.1 Å². The molecule has 1 atom stereocenters. The highest BCUT2D eigenvalue weighted by atomic mass is 16.5. The van der Waals surface area contributed by atoms with Gasteiger partial charge in [-0.1, -0.05) is 17.7 Å². The van der Waals surface area contributed by atoms with Gasteiger partial charge in [-0.05, 0) is 46.2 Å². The van der Waals surface area contributed by atoms with Gasteiger partial charge in [0.25, 0.3) is 5.91 Å². The first-order valence-electron chi connectivity index (χ1n) is 7.66. The van der Waals surface area contributed by atoms with Crippen molar-refractivity contribution in [3.63, 3.8) is 0 Å². The molecule has 0 aliphatic carbocycles. The molecule has 23 heavy (non-hydrogen) atoms. The average Bonchev–Trinajstić information content (AvgIpc) is 2.51. The van der Waals surface area contributed by atoms with E-state index < -0.39 is 5.92 Å².